The maximum absolute atomic E-state index is 12.1. The number of nitrogens with zero attached hydrogens (tertiary/aromatic N) is 2. The van der Waals surface area contributed by atoms with Crippen LogP contribution in [0.15, 0.2) is 35.3 Å². The molecular formula is C24H30N2O4. The van der Waals surface area contributed by atoms with E-state index in [4.69, 9.17) is 14.2 Å². The number of hydrogen-bond acceptors (Lipinski definition) is 5. The zero-order valence-corrected chi connectivity index (χ0v) is 17.9. The van der Waals surface area contributed by atoms with Gasteiger partial charge in [0.2, 0.25) is 5.79 Å². The van der Waals surface area contributed by atoms with Crippen LogP contribution in [0, 0.1) is 0 Å². The van der Waals surface area contributed by atoms with Crippen LogP contribution in [0.3, 0.4) is 0 Å². The van der Waals surface area contributed by atoms with E-state index in [1.807, 2.05) is 6.20 Å². The average molecular weight is 411 g/mol. The van der Waals surface area contributed by atoms with Crippen molar-refractivity contribution in [3.63, 3.8) is 0 Å². The molecule has 30 heavy (non-hydrogen) atoms. The van der Waals surface area contributed by atoms with Gasteiger partial charge in [0, 0.05) is 69.5 Å². The fraction of sp³-hybridized carbons (Fsp3) is 0.542. The second-order valence-electron chi connectivity index (χ2n) is 8.84. The summed E-state index contributed by atoms with van der Waals surface area (Å²) in [7, 11) is 3.41. The van der Waals surface area contributed by atoms with Crippen molar-refractivity contribution < 1.29 is 14.2 Å². The molecule has 0 amide bonds. The first-order valence-corrected chi connectivity index (χ1v) is 11.0. The van der Waals surface area contributed by atoms with Crippen LogP contribution in [0.4, 0.5) is 0 Å². The predicted molar refractivity (Wildman–Crippen MR) is 114 cm³/mol. The molecule has 2 aliphatic heterocycles. The van der Waals surface area contributed by atoms with Crippen LogP contribution >= 0.6 is 0 Å². The molecule has 1 saturated carbocycles. The van der Waals surface area contributed by atoms with Gasteiger partial charge in [-0.3, -0.25) is 9.69 Å². The van der Waals surface area contributed by atoms with Crippen LogP contribution in [0.5, 0.6) is 5.75 Å². The van der Waals surface area contributed by atoms with E-state index < -0.39 is 5.79 Å². The number of likely N-dealkylation sites (tertiary alicyclic amines) is 1. The number of aromatic nitrogens is 1. The van der Waals surface area contributed by atoms with E-state index in [1.165, 1.54) is 19.3 Å². The number of fused-ring (bicyclic) bond motifs is 1. The number of piperidine rings is 1. The van der Waals surface area contributed by atoms with E-state index in [0.29, 0.717) is 13.2 Å². The summed E-state index contributed by atoms with van der Waals surface area (Å²) in [4.78, 5) is 14.7. The topological polar surface area (TPSA) is 52.9 Å². The van der Waals surface area contributed by atoms with Crippen LogP contribution in [0.2, 0.25) is 0 Å². The van der Waals surface area contributed by atoms with Gasteiger partial charge in [0.05, 0.1) is 13.2 Å². The Morgan fingerprint density at radius 2 is 2.00 bits per heavy atom. The molecule has 0 radical (unpaired) electrons. The first-order chi connectivity index (χ1) is 14.6. The molecule has 0 unspecified atom stereocenters. The minimum Gasteiger partial charge on any atom is -0.462 e. The van der Waals surface area contributed by atoms with E-state index in [2.05, 4.69) is 23.1 Å². The summed E-state index contributed by atoms with van der Waals surface area (Å²) >= 11 is 0. The summed E-state index contributed by atoms with van der Waals surface area (Å²) in [6.07, 6.45) is 7.77. The molecule has 1 aliphatic carbocycles. The fourth-order valence-electron chi connectivity index (χ4n) is 4.83. The maximum atomic E-state index is 12.1. The molecule has 3 aliphatic rings. The number of hydrogen-bond donors (Lipinski definition) is 0. The molecule has 1 saturated heterocycles. The third-order valence-corrected chi connectivity index (χ3v) is 6.92. The Labute approximate surface area is 177 Å². The van der Waals surface area contributed by atoms with Gasteiger partial charge >= 0.3 is 0 Å². The molecule has 0 atom stereocenters. The zero-order chi connectivity index (χ0) is 20.7. The molecule has 2 fully saturated rings. The predicted octanol–water partition coefficient (Wildman–Crippen LogP) is 3.45. The molecule has 6 heteroatoms. The Morgan fingerprint density at radius 3 is 2.70 bits per heavy atom. The van der Waals surface area contributed by atoms with Gasteiger partial charge in [0.1, 0.15) is 5.75 Å². The maximum Gasteiger partial charge on any atom is 0.250 e. The van der Waals surface area contributed by atoms with Crippen LogP contribution in [-0.4, -0.2) is 41.5 Å². The summed E-state index contributed by atoms with van der Waals surface area (Å²) in [6, 6.07) is 8.67. The van der Waals surface area contributed by atoms with Crippen molar-refractivity contribution >= 4 is 0 Å². The van der Waals surface area contributed by atoms with Crippen molar-refractivity contribution in [1.82, 2.24) is 9.47 Å². The van der Waals surface area contributed by atoms with Crippen molar-refractivity contribution in [2.75, 3.05) is 20.2 Å². The summed E-state index contributed by atoms with van der Waals surface area (Å²) in [5.41, 5.74) is 3.94. The van der Waals surface area contributed by atoms with Gasteiger partial charge in [0.15, 0.2) is 0 Å². The summed E-state index contributed by atoms with van der Waals surface area (Å²) in [5.74, 6) is 0.437. The van der Waals surface area contributed by atoms with Crippen molar-refractivity contribution in [2.24, 2.45) is 7.05 Å². The highest BCUT2D eigenvalue weighted by molar-refractivity contribution is 5.68. The van der Waals surface area contributed by atoms with Crippen molar-refractivity contribution in [1.29, 1.82) is 0 Å². The smallest absolute Gasteiger partial charge is 0.250 e. The molecule has 0 N–H and O–H groups in total. The molecule has 0 bridgehead atoms. The third-order valence-electron chi connectivity index (χ3n) is 6.92. The Bertz CT molecular complexity index is 987. The van der Waals surface area contributed by atoms with E-state index >= 15 is 0 Å². The summed E-state index contributed by atoms with van der Waals surface area (Å²) in [6.45, 7) is 3.06. The normalized spacial score (nSPS) is 21.1. The Kier molecular flexibility index (Phi) is 5.17. The van der Waals surface area contributed by atoms with E-state index in [9.17, 15) is 4.79 Å². The quantitative estimate of drug-likeness (QED) is 0.773. The number of methoxy groups -OCH3 is 1. The Balaban J connectivity index is 1.37. The highest BCUT2D eigenvalue weighted by Gasteiger charge is 2.42. The van der Waals surface area contributed by atoms with Crippen LogP contribution in [0.1, 0.15) is 43.2 Å². The van der Waals surface area contributed by atoms with Gasteiger partial charge in [-0.05, 0) is 36.1 Å². The second kappa shape index (κ2) is 7.84. The highest BCUT2D eigenvalue weighted by Crippen LogP contribution is 2.40. The number of benzene rings is 1. The fourth-order valence-corrected chi connectivity index (χ4v) is 4.83. The van der Waals surface area contributed by atoms with Gasteiger partial charge in [-0.25, -0.2) is 0 Å². The monoisotopic (exact) mass is 410 g/mol. The summed E-state index contributed by atoms with van der Waals surface area (Å²) in [5, 5.41) is 0. The van der Waals surface area contributed by atoms with Gasteiger partial charge < -0.3 is 18.8 Å². The first-order valence-electron chi connectivity index (χ1n) is 11.0. The zero-order valence-electron chi connectivity index (χ0n) is 17.9. The SMILES string of the molecule is COCc1cc(=O)n(C)cc1-c1ccc2c(c1)COC1(CCN(C3CCC3)CC1)O2. The lowest BCUT2D eigenvalue weighted by Gasteiger charge is -2.47. The number of ether oxygens (including phenoxy) is 3. The number of rotatable bonds is 4. The van der Waals surface area contributed by atoms with E-state index in [0.717, 1.165) is 60.0 Å². The van der Waals surface area contributed by atoms with E-state index in [-0.39, 0.29) is 5.56 Å². The second-order valence-corrected chi connectivity index (χ2v) is 8.84. The largest absolute Gasteiger partial charge is 0.462 e. The molecule has 1 aromatic carbocycles. The minimum atomic E-state index is -0.480. The van der Waals surface area contributed by atoms with Crippen molar-refractivity contribution in [3.05, 3.63) is 51.9 Å². The molecular weight excluding hydrogens is 380 g/mol. The average Bonchev–Trinajstić information content (AvgIpc) is 2.71. The molecule has 2 aromatic rings. The molecule has 1 aromatic heterocycles. The molecule has 3 heterocycles. The first kappa shape index (κ1) is 19.8. The molecule has 1 spiro atoms. The molecule has 160 valence electrons. The molecule has 5 rings (SSSR count). The number of aryl methyl sites for hydroxylation is 1. The Hall–Kier alpha value is -2.15. The van der Waals surface area contributed by atoms with Crippen LogP contribution in [0.25, 0.3) is 11.1 Å². The van der Waals surface area contributed by atoms with Gasteiger partial charge in [-0.1, -0.05) is 12.5 Å². The van der Waals surface area contributed by atoms with Crippen LogP contribution < -0.4 is 10.3 Å². The minimum absolute atomic E-state index is 0.0365. The van der Waals surface area contributed by atoms with Crippen molar-refractivity contribution in [2.45, 2.75) is 57.1 Å². The number of pyridine rings is 1. The lowest BCUT2D eigenvalue weighted by molar-refractivity contribution is -0.231. The van der Waals surface area contributed by atoms with Crippen molar-refractivity contribution in [3.8, 4) is 16.9 Å². The summed E-state index contributed by atoms with van der Waals surface area (Å²) < 4.78 is 19.6. The Morgan fingerprint density at radius 1 is 1.20 bits per heavy atom. The van der Waals surface area contributed by atoms with E-state index in [1.54, 1.807) is 24.8 Å². The highest BCUT2D eigenvalue weighted by atomic mass is 16.7. The standard InChI is InChI=1S/C24H30N2O4/c1-25-14-21(18(15-28-2)13-23(25)27)17-6-7-22-19(12-17)16-29-24(30-22)8-10-26(11-9-24)20-4-3-5-20/h6-7,12-14,20H,3-5,8-11,15-16H2,1-2H3. The van der Waals surface area contributed by atoms with Gasteiger partial charge in [0.25, 0.3) is 5.56 Å². The van der Waals surface area contributed by atoms with Crippen LogP contribution in [-0.2, 0) is 29.7 Å². The lowest BCUT2D eigenvalue weighted by atomic mass is 9.89. The van der Waals surface area contributed by atoms with Gasteiger partial charge in [-0.15, -0.1) is 0 Å². The van der Waals surface area contributed by atoms with Gasteiger partial charge in [-0.2, -0.15) is 0 Å². The third kappa shape index (κ3) is 3.57. The lowest BCUT2D eigenvalue weighted by Crippen LogP contribution is -2.54. The molecule has 6 nitrogen and oxygen atoms in total.